The summed E-state index contributed by atoms with van der Waals surface area (Å²) in [5.74, 6) is 1.37. The lowest BCUT2D eigenvalue weighted by molar-refractivity contribution is 0.0330. The van der Waals surface area contributed by atoms with E-state index in [1.807, 2.05) is 6.92 Å². The topological polar surface area (TPSA) is 47.5 Å². The smallest absolute Gasteiger partial charge is 0.231 e. The molecule has 5 nitrogen and oxygen atoms in total. The Morgan fingerprint density at radius 3 is 2.70 bits per heavy atom. The lowest BCUT2D eigenvalue weighted by Gasteiger charge is -2.25. The van der Waals surface area contributed by atoms with Crippen molar-refractivity contribution in [2.24, 2.45) is 0 Å². The summed E-state index contributed by atoms with van der Waals surface area (Å²) in [4.78, 5) is 13.8. The number of aromatic nitrogens is 2. The van der Waals surface area contributed by atoms with Crippen LogP contribution in [-0.2, 0) is 11.3 Å². The summed E-state index contributed by atoms with van der Waals surface area (Å²) in [6.45, 7) is 9.67. The lowest BCUT2D eigenvalue weighted by Crippen LogP contribution is -2.36. The van der Waals surface area contributed by atoms with Crippen LogP contribution >= 0.6 is 11.3 Å². The maximum absolute atomic E-state index is 13.9. The third-order valence-electron chi connectivity index (χ3n) is 4.87. The zero-order chi connectivity index (χ0) is 19.0. The van der Waals surface area contributed by atoms with Crippen molar-refractivity contribution in [2.45, 2.75) is 27.3 Å². The Labute approximate surface area is 161 Å². The summed E-state index contributed by atoms with van der Waals surface area (Å²) in [7, 11) is 0. The fourth-order valence-corrected chi connectivity index (χ4v) is 4.15. The molecule has 27 heavy (non-hydrogen) atoms. The van der Waals surface area contributed by atoms with Gasteiger partial charge in [-0.3, -0.25) is 4.90 Å². The molecular weight excluding hydrogens is 365 g/mol. The minimum atomic E-state index is -0.287. The van der Waals surface area contributed by atoms with E-state index in [0.717, 1.165) is 42.1 Å². The molecule has 0 aliphatic carbocycles. The van der Waals surface area contributed by atoms with Crippen molar-refractivity contribution in [3.8, 4) is 11.6 Å². The second-order valence-corrected chi connectivity index (χ2v) is 8.01. The van der Waals surface area contributed by atoms with E-state index in [-0.39, 0.29) is 5.82 Å². The van der Waals surface area contributed by atoms with Crippen LogP contribution in [0.4, 0.5) is 4.39 Å². The second-order valence-electron chi connectivity index (χ2n) is 6.81. The molecule has 0 unspecified atom stereocenters. The van der Waals surface area contributed by atoms with Gasteiger partial charge in [0.25, 0.3) is 0 Å². The van der Waals surface area contributed by atoms with Gasteiger partial charge in [-0.25, -0.2) is 9.37 Å². The average Bonchev–Trinajstić information content (AvgIpc) is 2.93. The standard InChI is InChI=1S/C20H22FN3O2S/c1-12-4-5-15(10-16(12)21)26-19-18-13(2)14(3)27-20(18)23-17(22-19)11-24-6-8-25-9-7-24/h4-5,10H,6-9,11H2,1-3H3. The predicted octanol–water partition coefficient (Wildman–Crippen LogP) is 4.38. The molecule has 1 saturated heterocycles. The third-order valence-corrected chi connectivity index (χ3v) is 5.97. The molecule has 142 valence electrons. The van der Waals surface area contributed by atoms with Gasteiger partial charge in [-0.15, -0.1) is 11.3 Å². The number of halogens is 1. The summed E-state index contributed by atoms with van der Waals surface area (Å²) < 4.78 is 25.4. The number of benzene rings is 1. The van der Waals surface area contributed by atoms with Crippen LogP contribution in [0.2, 0.25) is 0 Å². The number of hydrogen-bond donors (Lipinski definition) is 0. The summed E-state index contributed by atoms with van der Waals surface area (Å²) in [5, 5.41) is 0.907. The quantitative estimate of drug-likeness (QED) is 0.665. The monoisotopic (exact) mass is 387 g/mol. The van der Waals surface area contributed by atoms with Crippen molar-refractivity contribution in [3.05, 3.63) is 45.8 Å². The van der Waals surface area contributed by atoms with E-state index >= 15 is 0 Å². The number of hydrogen-bond acceptors (Lipinski definition) is 6. The molecule has 1 aliphatic rings. The van der Waals surface area contributed by atoms with E-state index in [9.17, 15) is 4.39 Å². The highest BCUT2D eigenvalue weighted by atomic mass is 32.1. The molecule has 3 aromatic rings. The fraction of sp³-hybridized carbons (Fsp3) is 0.400. The second kappa shape index (κ2) is 7.50. The Bertz CT molecular complexity index is 983. The molecular formula is C20H22FN3O2S. The van der Waals surface area contributed by atoms with Crippen molar-refractivity contribution in [1.82, 2.24) is 14.9 Å². The fourth-order valence-electron chi connectivity index (χ4n) is 3.11. The maximum atomic E-state index is 13.9. The zero-order valence-corrected chi connectivity index (χ0v) is 16.5. The largest absolute Gasteiger partial charge is 0.438 e. The number of nitrogens with zero attached hydrogens (tertiary/aromatic N) is 3. The van der Waals surface area contributed by atoms with Gasteiger partial charge in [0.05, 0.1) is 25.1 Å². The van der Waals surface area contributed by atoms with Crippen LogP contribution in [0, 0.1) is 26.6 Å². The van der Waals surface area contributed by atoms with Gasteiger partial charge < -0.3 is 9.47 Å². The number of rotatable bonds is 4. The average molecular weight is 387 g/mol. The van der Waals surface area contributed by atoms with E-state index in [1.54, 1.807) is 30.4 Å². The first-order valence-corrected chi connectivity index (χ1v) is 9.83. The number of ether oxygens (including phenoxy) is 2. The van der Waals surface area contributed by atoms with Crippen molar-refractivity contribution in [2.75, 3.05) is 26.3 Å². The van der Waals surface area contributed by atoms with Crippen LogP contribution in [0.15, 0.2) is 18.2 Å². The molecule has 0 amide bonds. The molecule has 0 N–H and O–H groups in total. The Hall–Kier alpha value is -2.09. The number of thiophene rings is 1. The van der Waals surface area contributed by atoms with Crippen molar-refractivity contribution < 1.29 is 13.9 Å². The van der Waals surface area contributed by atoms with E-state index in [1.165, 1.54) is 10.9 Å². The van der Waals surface area contributed by atoms with E-state index in [2.05, 4.69) is 16.8 Å². The van der Waals surface area contributed by atoms with Gasteiger partial charge in [0.2, 0.25) is 5.88 Å². The molecule has 0 saturated carbocycles. The van der Waals surface area contributed by atoms with E-state index in [4.69, 9.17) is 14.5 Å². The lowest BCUT2D eigenvalue weighted by atomic mass is 10.2. The van der Waals surface area contributed by atoms with Crippen molar-refractivity contribution in [3.63, 3.8) is 0 Å². The maximum Gasteiger partial charge on any atom is 0.231 e. The molecule has 4 rings (SSSR count). The molecule has 0 radical (unpaired) electrons. The Balaban J connectivity index is 1.72. The molecule has 7 heteroatoms. The Morgan fingerprint density at radius 1 is 1.19 bits per heavy atom. The van der Waals surface area contributed by atoms with Gasteiger partial charge in [-0.1, -0.05) is 6.07 Å². The van der Waals surface area contributed by atoms with Gasteiger partial charge in [-0.2, -0.15) is 4.98 Å². The van der Waals surface area contributed by atoms with Crippen LogP contribution in [0.1, 0.15) is 21.8 Å². The molecule has 1 fully saturated rings. The summed E-state index contributed by atoms with van der Waals surface area (Å²) in [6, 6.07) is 4.88. The molecule has 2 aromatic heterocycles. The Morgan fingerprint density at radius 2 is 1.96 bits per heavy atom. The van der Waals surface area contributed by atoms with Crippen LogP contribution in [0.25, 0.3) is 10.2 Å². The normalized spacial score (nSPS) is 15.4. The highest BCUT2D eigenvalue weighted by molar-refractivity contribution is 7.18. The third kappa shape index (κ3) is 3.81. The van der Waals surface area contributed by atoms with Crippen molar-refractivity contribution >= 4 is 21.6 Å². The first-order chi connectivity index (χ1) is 13.0. The van der Waals surface area contributed by atoms with Crippen LogP contribution < -0.4 is 4.74 Å². The molecule has 1 aromatic carbocycles. The summed E-state index contributed by atoms with van der Waals surface area (Å²) in [5.41, 5.74) is 1.70. The predicted molar refractivity (Wildman–Crippen MR) is 104 cm³/mol. The van der Waals surface area contributed by atoms with Gasteiger partial charge in [0, 0.05) is 24.0 Å². The van der Waals surface area contributed by atoms with Crippen molar-refractivity contribution in [1.29, 1.82) is 0 Å². The number of morpholine rings is 1. The first-order valence-electron chi connectivity index (χ1n) is 9.02. The SMILES string of the molecule is Cc1ccc(Oc2nc(CN3CCOCC3)nc3sc(C)c(C)c23)cc1F. The molecule has 0 atom stereocenters. The summed E-state index contributed by atoms with van der Waals surface area (Å²) in [6.07, 6.45) is 0. The summed E-state index contributed by atoms with van der Waals surface area (Å²) >= 11 is 1.64. The van der Waals surface area contributed by atoms with Crippen LogP contribution in [0.3, 0.4) is 0 Å². The number of fused-ring (bicyclic) bond motifs is 1. The Kier molecular flexibility index (Phi) is 5.08. The van der Waals surface area contributed by atoms with E-state index in [0.29, 0.717) is 29.6 Å². The van der Waals surface area contributed by atoms with Gasteiger partial charge in [-0.05, 0) is 38.0 Å². The highest BCUT2D eigenvalue weighted by Gasteiger charge is 2.19. The molecule has 0 spiro atoms. The van der Waals surface area contributed by atoms with Crippen LogP contribution in [-0.4, -0.2) is 41.2 Å². The minimum Gasteiger partial charge on any atom is -0.438 e. The van der Waals surface area contributed by atoms with Gasteiger partial charge in [0.1, 0.15) is 22.2 Å². The van der Waals surface area contributed by atoms with Gasteiger partial charge in [0.15, 0.2) is 0 Å². The zero-order valence-electron chi connectivity index (χ0n) is 15.7. The molecule has 3 heterocycles. The molecule has 1 aliphatic heterocycles. The highest BCUT2D eigenvalue weighted by Crippen LogP contribution is 2.36. The molecule has 0 bridgehead atoms. The van der Waals surface area contributed by atoms with Crippen LogP contribution in [0.5, 0.6) is 11.6 Å². The van der Waals surface area contributed by atoms with Gasteiger partial charge >= 0.3 is 0 Å². The minimum absolute atomic E-state index is 0.287. The first kappa shape index (κ1) is 18.3. The van der Waals surface area contributed by atoms with E-state index < -0.39 is 0 Å². The number of aryl methyl sites for hydroxylation is 3.